The van der Waals surface area contributed by atoms with Gasteiger partial charge in [-0.1, -0.05) is 30.3 Å². The molecule has 1 atom stereocenters. The molecule has 1 aromatic carbocycles. The third-order valence-corrected chi connectivity index (χ3v) is 2.07. The molecule has 0 bridgehead atoms. The van der Waals surface area contributed by atoms with Crippen LogP contribution < -0.4 is 11.3 Å². The van der Waals surface area contributed by atoms with Crippen LogP contribution in [0.5, 0.6) is 0 Å². The summed E-state index contributed by atoms with van der Waals surface area (Å²) in [5, 5.41) is 11.3. The largest absolute Gasteiger partial charge is 0.386 e. The number of benzene rings is 1. The van der Waals surface area contributed by atoms with Gasteiger partial charge in [0.2, 0.25) is 5.88 Å². The summed E-state index contributed by atoms with van der Waals surface area (Å²) in [6, 6.07) is 9.36. The maximum absolute atomic E-state index is 9.84. The lowest BCUT2D eigenvalue weighted by Crippen LogP contribution is -2.26. The molecule has 0 amide bonds. The predicted molar refractivity (Wildman–Crippen MR) is 60.8 cm³/mol. The zero-order valence-electron chi connectivity index (χ0n) is 8.48. The van der Waals surface area contributed by atoms with E-state index < -0.39 is 6.10 Å². The lowest BCUT2D eigenvalue weighted by molar-refractivity contribution is -0.0114. The third kappa shape index (κ3) is 3.03. The summed E-state index contributed by atoms with van der Waals surface area (Å²) in [4.78, 5) is 4.68. The highest BCUT2D eigenvalue weighted by Crippen LogP contribution is 2.15. The molecule has 1 heterocycles. The van der Waals surface area contributed by atoms with E-state index in [1.165, 1.54) is 11.2 Å². The first-order valence-electron chi connectivity index (χ1n) is 4.60. The lowest BCUT2D eigenvalue weighted by atomic mass is 10.1. The summed E-state index contributed by atoms with van der Waals surface area (Å²) in [5.74, 6) is 0.232. The Morgan fingerprint density at radius 2 is 2.06 bits per heavy atom. The van der Waals surface area contributed by atoms with Crippen molar-refractivity contribution in [2.75, 3.05) is 6.54 Å². The molecule has 1 aliphatic heterocycles. The number of aliphatic hydroxyl groups excluding tert-OH is 1. The second kappa shape index (κ2) is 5.60. The summed E-state index contributed by atoms with van der Waals surface area (Å²) < 4.78 is 0. The van der Waals surface area contributed by atoms with Crippen LogP contribution in [0.1, 0.15) is 11.7 Å². The molecule has 1 aliphatic rings. The topological polar surface area (TPSA) is 72.8 Å². The van der Waals surface area contributed by atoms with E-state index in [4.69, 9.17) is 5.73 Å². The van der Waals surface area contributed by atoms with E-state index in [-0.39, 0.29) is 18.3 Å². The van der Waals surface area contributed by atoms with Crippen molar-refractivity contribution in [1.82, 2.24) is 10.6 Å². The van der Waals surface area contributed by atoms with Crippen LogP contribution in [0.25, 0.3) is 0 Å². The number of rotatable bonds is 3. The number of β-amino-alcohol motifs (C(OH)–C–C–N with tert-alkyl or cyclic N) is 1. The minimum atomic E-state index is -0.610. The molecule has 16 heavy (non-hydrogen) atoms. The Labute approximate surface area is 99.8 Å². The second-order valence-corrected chi connectivity index (χ2v) is 3.25. The average Bonchev–Trinajstić information content (AvgIpc) is 2.65. The Balaban J connectivity index is 0.00000128. The summed E-state index contributed by atoms with van der Waals surface area (Å²) >= 11 is 0. The number of hydrogen-bond acceptors (Lipinski definition) is 4. The van der Waals surface area contributed by atoms with Crippen LogP contribution >= 0.6 is 12.4 Å². The predicted octanol–water partition coefficient (Wildman–Crippen LogP) is 0.666. The first kappa shape index (κ1) is 12.6. The molecule has 5 nitrogen and oxygen atoms in total. The minimum Gasteiger partial charge on any atom is -0.386 e. The highest BCUT2D eigenvalue weighted by Gasteiger charge is 2.17. The fraction of sp³-hybridized carbons (Fsp3) is 0.200. The van der Waals surface area contributed by atoms with Crippen LogP contribution in [0.4, 0.5) is 0 Å². The zero-order valence-corrected chi connectivity index (χ0v) is 9.30. The van der Waals surface area contributed by atoms with Crippen LogP contribution in [0, 0.1) is 0 Å². The quantitative estimate of drug-likeness (QED) is 0.817. The summed E-state index contributed by atoms with van der Waals surface area (Å²) in [6.45, 7) is 0.324. The van der Waals surface area contributed by atoms with Gasteiger partial charge in [-0.05, 0) is 5.56 Å². The molecule has 1 aromatic rings. The summed E-state index contributed by atoms with van der Waals surface area (Å²) in [5.41, 5.74) is 9.84. The van der Waals surface area contributed by atoms with Crippen molar-refractivity contribution >= 4 is 12.4 Å². The van der Waals surface area contributed by atoms with E-state index in [0.717, 1.165) is 5.56 Å². The summed E-state index contributed by atoms with van der Waals surface area (Å²) in [7, 11) is 0. The van der Waals surface area contributed by atoms with Crippen molar-refractivity contribution in [3.8, 4) is 0 Å². The van der Waals surface area contributed by atoms with Gasteiger partial charge in [0.05, 0.1) is 24.4 Å². The molecule has 1 unspecified atom stereocenters. The Hall–Kier alpha value is -1.43. The van der Waals surface area contributed by atoms with Crippen LogP contribution in [-0.4, -0.2) is 16.7 Å². The molecule has 0 saturated carbocycles. The van der Waals surface area contributed by atoms with Crippen molar-refractivity contribution in [1.29, 1.82) is 0 Å². The first-order valence-corrected chi connectivity index (χ1v) is 4.60. The Kier molecular flexibility index (Phi) is 4.42. The third-order valence-electron chi connectivity index (χ3n) is 2.07. The molecule has 0 aliphatic carbocycles. The van der Waals surface area contributed by atoms with E-state index >= 15 is 0 Å². The van der Waals surface area contributed by atoms with E-state index in [2.05, 4.69) is 10.4 Å². The molecule has 6 heteroatoms. The number of aliphatic hydroxyl groups is 1. The Morgan fingerprint density at radius 1 is 1.38 bits per heavy atom. The maximum Gasteiger partial charge on any atom is 0.231 e. The molecular weight excluding hydrogens is 230 g/mol. The van der Waals surface area contributed by atoms with E-state index in [1.807, 2.05) is 30.3 Å². The highest BCUT2D eigenvalue weighted by molar-refractivity contribution is 5.85. The minimum absolute atomic E-state index is 0. The van der Waals surface area contributed by atoms with Crippen molar-refractivity contribution in [2.24, 2.45) is 5.73 Å². The molecule has 2 rings (SSSR count). The smallest absolute Gasteiger partial charge is 0.231 e. The van der Waals surface area contributed by atoms with Crippen molar-refractivity contribution < 1.29 is 9.94 Å². The number of nitrogens with two attached hydrogens (primary N) is 1. The SMILES string of the molecule is Cl.NC1=CN(CC(O)c2ccccc2)[N]O1. The standard InChI is InChI=1S/C10H12N3O2.ClH/c11-10-7-13(12-15-10)6-9(14)8-4-2-1-3-5-8;/h1-5,7,9,14H,6,11H2;1H. The van der Waals surface area contributed by atoms with E-state index in [1.54, 1.807) is 0 Å². The Morgan fingerprint density at radius 3 is 2.62 bits per heavy atom. The Bertz CT molecular complexity index is 358. The molecule has 87 valence electrons. The first-order chi connectivity index (χ1) is 7.25. The molecular formula is C10H13ClN3O2. The van der Waals surface area contributed by atoms with Gasteiger partial charge in [-0.3, -0.25) is 5.01 Å². The van der Waals surface area contributed by atoms with Gasteiger partial charge >= 0.3 is 0 Å². The molecule has 3 N–H and O–H groups in total. The van der Waals surface area contributed by atoms with Gasteiger partial charge in [-0.15, -0.1) is 12.4 Å². The van der Waals surface area contributed by atoms with Crippen molar-refractivity contribution in [3.05, 3.63) is 48.0 Å². The van der Waals surface area contributed by atoms with Crippen molar-refractivity contribution in [3.63, 3.8) is 0 Å². The normalized spacial score (nSPS) is 16.1. The fourth-order valence-electron chi connectivity index (χ4n) is 1.34. The lowest BCUT2D eigenvalue weighted by Gasteiger charge is -2.16. The fourth-order valence-corrected chi connectivity index (χ4v) is 1.34. The maximum atomic E-state index is 9.84. The van der Waals surface area contributed by atoms with E-state index in [0.29, 0.717) is 6.54 Å². The van der Waals surface area contributed by atoms with Gasteiger partial charge in [0, 0.05) is 0 Å². The van der Waals surface area contributed by atoms with Gasteiger partial charge in [-0.2, -0.15) is 0 Å². The summed E-state index contributed by atoms with van der Waals surface area (Å²) in [6.07, 6.45) is 0.923. The number of hydrogen-bond donors (Lipinski definition) is 2. The van der Waals surface area contributed by atoms with Crippen LogP contribution in [0.15, 0.2) is 42.4 Å². The highest BCUT2D eigenvalue weighted by atomic mass is 35.5. The molecule has 0 aromatic heterocycles. The molecule has 0 fully saturated rings. The van der Waals surface area contributed by atoms with Gasteiger partial charge in [0.25, 0.3) is 0 Å². The molecule has 0 spiro atoms. The zero-order chi connectivity index (χ0) is 10.7. The van der Waals surface area contributed by atoms with E-state index in [9.17, 15) is 5.11 Å². The average molecular weight is 243 g/mol. The molecule has 1 radical (unpaired) electrons. The van der Waals surface area contributed by atoms with Gasteiger partial charge < -0.3 is 15.7 Å². The van der Waals surface area contributed by atoms with Gasteiger partial charge in [0.15, 0.2) is 0 Å². The van der Waals surface area contributed by atoms with Crippen LogP contribution in [0.2, 0.25) is 0 Å². The van der Waals surface area contributed by atoms with Crippen LogP contribution in [0.3, 0.4) is 0 Å². The van der Waals surface area contributed by atoms with Crippen LogP contribution in [-0.2, 0) is 4.84 Å². The second-order valence-electron chi connectivity index (χ2n) is 3.25. The van der Waals surface area contributed by atoms with Gasteiger partial charge in [-0.25, -0.2) is 0 Å². The molecule has 0 saturated heterocycles. The number of halogens is 1. The monoisotopic (exact) mass is 242 g/mol. The van der Waals surface area contributed by atoms with Crippen molar-refractivity contribution in [2.45, 2.75) is 6.10 Å². The van der Waals surface area contributed by atoms with Gasteiger partial charge in [0.1, 0.15) is 0 Å². The number of nitrogens with zero attached hydrogens (tertiary/aromatic N) is 2.